The van der Waals surface area contributed by atoms with E-state index in [2.05, 4.69) is 57.0 Å². The zero-order valence-corrected chi connectivity index (χ0v) is 40.3. The van der Waals surface area contributed by atoms with Gasteiger partial charge in [-0.25, -0.2) is 0 Å². The second kappa shape index (κ2) is 25.4. The lowest BCUT2D eigenvalue weighted by Crippen LogP contribution is -2.36. The van der Waals surface area contributed by atoms with Crippen LogP contribution in [-0.4, -0.2) is 104 Å². The molecule has 16 heteroatoms. The summed E-state index contributed by atoms with van der Waals surface area (Å²) in [6, 6.07) is 26.2. The van der Waals surface area contributed by atoms with E-state index in [1.165, 1.54) is 10.6 Å². The Kier molecular flexibility index (Phi) is 18.6. The summed E-state index contributed by atoms with van der Waals surface area (Å²) in [6.07, 6.45) is 3.88. The number of piperidine rings is 1. The lowest BCUT2D eigenvalue weighted by Gasteiger charge is -2.30. The Balaban J connectivity index is 0.726. The maximum atomic E-state index is 13.7. The standard InChI is InChI=1S/C54H64F3N7O6/c1-39-53(40(2)70-61-39)43-20-21-52(66)63(36-43)35-42-13-8-17-47(33-42)69-37-51(65)59-25-31-68-29-6-4-5-28-67-30-11-14-41-12-7-15-45(32-41)58-24-10-16-46-34-48-49(60-44-22-26-62(3)27-23-44)18-9-19-50(48)64(46)38-54(55,56)57/h7-9,12-13,15,17-21,32-34,36,44,58,60H,4-6,11,14,22-31,35,37-38H2,1-3H3,(H,59,65). The predicted molar refractivity (Wildman–Crippen MR) is 267 cm³/mol. The summed E-state index contributed by atoms with van der Waals surface area (Å²) in [5.41, 5.74) is 6.93. The van der Waals surface area contributed by atoms with Crippen LogP contribution < -0.4 is 26.2 Å². The van der Waals surface area contributed by atoms with Crippen LogP contribution in [0.25, 0.3) is 22.0 Å². The first-order valence-electron chi connectivity index (χ1n) is 24.1. The Morgan fingerprint density at radius 1 is 0.886 bits per heavy atom. The van der Waals surface area contributed by atoms with Crippen LogP contribution in [0.3, 0.4) is 0 Å². The molecule has 1 fully saturated rings. The van der Waals surface area contributed by atoms with Gasteiger partial charge in [0.05, 0.1) is 36.6 Å². The minimum atomic E-state index is -4.39. The molecular formula is C54H64F3N7O6. The number of nitrogens with zero attached hydrogens (tertiary/aromatic N) is 4. The van der Waals surface area contributed by atoms with Crippen LogP contribution in [0.1, 0.15) is 66.8 Å². The maximum absolute atomic E-state index is 13.7. The van der Waals surface area contributed by atoms with Crippen molar-refractivity contribution in [3.63, 3.8) is 0 Å². The van der Waals surface area contributed by atoms with Crippen molar-refractivity contribution in [2.45, 2.75) is 84.1 Å². The van der Waals surface area contributed by atoms with E-state index < -0.39 is 12.7 Å². The number of fused-ring (bicyclic) bond motifs is 1. The number of anilines is 2. The molecule has 3 N–H and O–H groups in total. The lowest BCUT2D eigenvalue weighted by molar-refractivity contribution is -0.140. The molecule has 1 saturated heterocycles. The molecule has 0 atom stereocenters. The first kappa shape index (κ1) is 51.3. The fourth-order valence-corrected chi connectivity index (χ4v) is 8.61. The normalized spacial score (nSPS) is 13.3. The summed E-state index contributed by atoms with van der Waals surface area (Å²) in [6.45, 7) is 7.73. The van der Waals surface area contributed by atoms with E-state index in [1.54, 1.807) is 41.1 Å². The number of ether oxygens (including phenoxy) is 3. The average Bonchev–Trinajstić information content (AvgIpc) is 3.87. The first-order chi connectivity index (χ1) is 33.9. The van der Waals surface area contributed by atoms with Crippen molar-refractivity contribution < 1.29 is 36.7 Å². The van der Waals surface area contributed by atoms with Gasteiger partial charge in [-0.1, -0.05) is 41.4 Å². The smallest absolute Gasteiger partial charge is 0.406 e. The monoisotopic (exact) mass is 963 g/mol. The van der Waals surface area contributed by atoms with E-state index in [4.69, 9.17) is 18.7 Å². The number of benzene rings is 3. The van der Waals surface area contributed by atoms with Crippen LogP contribution >= 0.6 is 0 Å². The topological polar surface area (TPSA) is 137 Å². The Morgan fingerprint density at radius 3 is 2.43 bits per heavy atom. The number of aryl methyl sites for hydroxylation is 3. The first-order valence-corrected chi connectivity index (χ1v) is 24.1. The average molecular weight is 964 g/mol. The molecule has 7 rings (SSSR count). The number of carbonyl (C=O) groups excluding carboxylic acids is 1. The van der Waals surface area contributed by atoms with Gasteiger partial charge in [0.1, 0.15) is 18.1 Å². The van der Waals surface area contributed by atoms with Crippen molar-refractivity contribution in [3.8, 4) is 28.7 Å². The van der Waals surface area contributed by atoms with E-state index in [0.717, 1.165) is 103 Å². The molecule has 1 amide bonds. The van der Waals surface area contributed by atoms with Crippen LogP contribution in [-0.2, 0) is 33.8 Å². The van der Waals surface area contributed by atoms with Gasteiger partial charge in [0.25, 0.3) is 11.5 Å². The number of hydrogen-bond acceptors (Lipinski definition) is 10. The molecule has 372 valence electrons. The lowest BCUT2D eigenvalue weighted by atomic mass is 10.0. The summed E-state index contributed by atoms with van der Waals surface area (Å²) >= 11 is 0. The minimum absolute atomic E-state index is 0.138. The van der Waals surface area contributed by atoms with Crippen molar-refractivity contribution in [1.82, 2.24) is 24.5 Å². The van der Waals surface area contributed by atoms with Crippen LogP contribution in [0, 0.1) is 25.7 Å². The molecule has 3 aromatic carbocycles. The van der Waals surface area contributed by atoms with Crippen molar-refractivity contribution >= 4 is 28.2 Å². The van der Waals surface area contributed by atoms with E-state index in [9.17, 15) is 22.8 Å². The van der Waals surface area contributed by atoms with Crippen molar-refractivity contribution in [2.75, 3.05) is 76.9 Å². The molecule has 13 nitrogen and oxygen atoms in total. The highest BCUT2D eigenvalue weighted by molar-refractivity contribution is 5.94. The molecule has 0 bridgehead atoms. The van der Waals surface area contributed by atoms with Crippen LogP contribution in [0.15, 0.2) is 100 Å². The number of amides is 1. The van der Waals surface area contributed by atoms with E-state index in [0.29, 0.717) is 62.2 Å². The third-order valence-corrected chi connectivity index (χ3v) is 12.2. The van der Waals surface area contributed by atoms with E-state index >= 15 is 0 Å². The molecule has 1 aliphatic heterocycles. The van der Waals surface area contributed by atoms with Crippen LogP contribution in [0.5, 0.6) is 5.75 Å². The highest BCUT2D eigenvalue weighted by Crippen LogP contribution is 2.32. The third kappa shape index (κ3) is 15.5. The molecule has 4 heterocycles. The van der Waals surface area contributed by atoms with Crippen LogP contribution in [0.4, 0.5) is 24.5 Å². The number of pyridine rings is 1. The number of likely N-dealkylation sites (tertiary alicyclic amines) is 1. The number of nitrogens with one attached hydrogen (secondary N) is 3. The minimum Gasteiger partial charge on any atom is -0.484 e. The summed E-state index contributed by atoms with van der Waals surface area (Å²) in [4.78, 5) is 27.3. The highest BCUT2D eigenvalue weighted by atomic mass is 19.4. The Labute approximate surface area is 407 Å². The molecule has 0 saturated carbocycles. The van der Waals surface area contributed by atoms with Gasteiger partial charge in [-0.15, -0.1) is 0 Å². The van der Waals surface area contributed by atoms with Gasteiger partial charge in [-0.3, -0.25) is 9.59 Å². The molecule has 0 radical (unpaired) electrons. The number of rotatable bonds is 24. The van der Waals surface area contributed by atoms with Gasteiger partial charge >= 0.3 is 6.18 Å². The summed E-state index contributed by atoms with van der Waals surface area (Å²) in [5.74, 6) is 7.03. The largest absolute Gasteiger partial charge is 0.484 e. The second-order valence-corrected chi connectivity index (χ2v) is 17.8. The fraction of sp³-hybridized carbons (Fsp3) is 0.426. The van der Waals surface area contributed by atoms with Gasteiger partial charge in [0.15, 0.2) is 6.61 Å². The van der Waals surface area contributed by atoms with Crippen LogP contribution in [0.2, 0.25) is 0 Å². The van der Waals surface area contributed by atoms with Crippen molar-refractivity contribution in [2.24, 2.45) is 0 Å². The zero-order valence-electron chi connectivity index (χ0n) is 40.3. The Bertz CT molecular complexity index is 2740. The van der Waals surface area contributed by atoms with Gasteiger partial charge < -0.3 is 48.7 Å². The van der Waals surface area contributed by atoms with Gasteiger partial charge in [-0.2, -0.15) is 13.2 Å². The molecule has 3 aromatic heterocycles. The number of aromatic nitrogens is 3. The molecule has 0 spiro atoms. The molecule has 70 heavy (non-hydrogen) atoms. The van der Waals surface area contributed by atoms with Gasteiger partial charge in [-0.05, 0) is 145 Å². The van der Waals surface area contributed by atoms with E-state index in [1.807, 2.05) is 50.2 Å². The quantitative estimate of drug-likeness (QED) is 0.0399. The summed E-state index contributed by atoms with van der Waals surface area (Å²) < 4.78 is 66.7. The third-order valence-electron chi connectivity index (χ3n) is 12.2. The summed E-state index contributed by atoms with van der Waals surface area (Å²) in [5, 5.41) is 14.5. The number of halogens is 3. The number of unbranched alkanes of at least 4 members (excludes halogenated alkanes) is 2. The number of alkyl halides is 3. The number of hydrogen-bond donors (Lipinski definition) is 3. The van der Waals surface area contributed by atoms with Crippen molar-refractivity contribution in [3.05, 3.63) is 130 Å². The summed E-state index contributed by atoms with van der Waals surface area (Å²) in [7, 11) is 2.10. The zero-order chi connectivity index (χ0) is 49.3. The molecule has 6 aromatic rings. The maximum Gasteiger partial charge on any atom is 0.406 e. The fourth-order valence-electron chi connectivity index (χ4n) is 8.61. The number of carbonyl (C=O) groups is 1. The highest BCUT2D eigenvalue weighted by Gasteiger charge is 2.30. The molecule has 0 aliphatic carbocycles. The SMILES string of the molecule is Cc1noc(C)c1-c1ccc(=O)n(Cc2cccc(OCC(=O)NCCOCCCCCOCCCc3cccc(NCC#Cc4cc5c(NC6CCN(C)CC6)cccc5n4CC(F)(F)F)c3)c2)c1. The second-order valence-electron chi connectivity index (χ2n) is 17.8. The molecule has 1 aliphatic rings. The Morgan fingerprint density at radius 2 is 1.64 bits per heavy atom. The molecular weight excluding hydrogens is 900 g/mol. The van der Waals surface area contributed by atoms with Gasteiger partial charge in [0.2, 0.25) is 0 Å². The van der Waals surface area contributed by atoms with E-state index in [-0.39, 0.29) is 30.7 Å². The van der Waals surface area contributed by atoms with Crippen molar-refractivity contribution in [1.29, 1.82) is 0 Å². The molecule has 0 unspecified atom stereocenters. The Hall–Kier alpha value is -6.54. The van der Waals surface area contributed by atoms with Gasteiger partial charge in [0, 0.05) is 72.6 Å². The predicted octanol–water partition coefficient (Wildman–Crippen LogP) is 8.99.